The molecule has 2 aromatic rings. The maximum Gasteiger partial charge on any atom is 0.128 e. The third-order valence-electron chi connectivity index (χ3n) is 3.69. The molecule has 1 aliphatic carbocycles. The summed E-state index contributed by atoms with van der Waals surface area (Å²) in [6, 6.07) is 10.2. The molecular weight excluding hydrogens is 263 g/mol. The molecule has 0 radical (unpaired) electrons. The molecule has 1 N–H and O–H groups in total. The summed E-state index contributed by atoms with van der Waals surface area (Å²) in [5.41, 5.74) is 1.43. The highest BCUT2D eigenvalue weighted by atomic mass is 19.1. The molecule has 3 rings (SSSR count). The van der Waals surface area contributed by atoms with Crippen LogP contribution in [0.15, 0.2) is 42.5 Å². The number of benzene rings is 2. The molecule has 0 unspecified atom stereocenters. The lowest BCUT2D eigenvalue weighted by Gasteiger charge is -2.37. The average Bonchev–Trinajstić information content (AvgIpc) is 2.32. The highest BCUT2D eigenvalue weighted by molar-refractivity contribution is 5.45. The Balaban J connectivity index is 1.61. The molecule has 0 amide bonds. The van der Waals surface area contributed by atoms with Crippen LogP contribution in [0.5, 0.6) is 0 Å². The molecule has 1 fully saturated rings. The Kier molecular flexibility index (Phi) is 3.38. The Bertz CT molecular complexity index is 601. The van der Waals surface area contributed by atoms with Crippen molar-refractivity contribution in [3.8, 4) is 0 Å². The lowest BCUT2D eigenvalue weighted by molar-refractivity contribution is 0.372. The van der Waals surface area contributed by atoms with Crippen molar-refractivity contribution in [3.05, 3.63) is 65.5 Å². The standard InChI is InChI=1S/C16H14F3N/c17-12-3-1-2-10(4-12)11-5-15(6-11)20-16-8-13(18)7-14(19)9-16/h1-4,7-9,11,15,20H,5-6H2. The van der Waals surface area contributed by atoms with Crippen molar-refractivity contribution < 1.29 is 13.2 Å². The van der Waals surface area contributed by atoms with Crippen molar-refractivity contribution in [2.75, 3.05) is 5.32 Å². The summed E-state index contributed by atoms with van der Waals surface area (Å²) in [5.74, 6) is -1.10. The van der Waals surface area contributed by atoms with E-state index in [0.29, 0.717) is 11.6 Å². The van der Waals surface area contributed by atoms with Crippen LogP contribution in [0, 0.1) is 17.5 Å². The number of anilines is 1. The van der Waals surface area contributed by atoms with Crippen molar-refractivity contribution in [1.29, 1.82) is 0 Å². The van der Waals surface area contributed by atoms with Gasteiger partial charge in [0.1, 0.15) is 17.5 Å². The summed E-state index contributed by atoms with van der Waals surface area (Å²) in [6.07, 6.45) is 1.67. The fraction of sp³-hybridized carbons (Fsp3) is 0.250. The quantitative estimate of drug-likeness (QED) is 0.873. The van der Waals surface area contributed by atoms with E-state index in [2.05, 4.69) is 5.32 Å². The van der Waals surface area contributed by atoms with Crippen LogP contribution in [0.1, 0.15) is 24.3 Å². The second-order valence-corrected chi connectivity index (χ2v) is 5.22. The van der Waals surface area contributed by atoms with E-state index in [1.54, 1.807) is 12.1 Å². The monoisotopic (exact) mass is 277 g/mol. The van der Waals surface area contributed by atoms with E-state index in [4.69, 9.17) is 0 Å². The highest BCUT2D eigenvalue weighted by Gasteiger charge is 2.30. The van der Waals surface area contributed by atoms with Crippen molar-refractivity contribution in [1.82, 2.24) is 0 Å². The molecule has 0 atom stereocenters. The second kappa shape index (κ2) is 5.19. The van der Waals surface area contributed by atoms with Crippen LogP contribution in [-0.2, 0) is 0 Å². The predicted octanol–water partition coefficient (Wildman–Crippen LogP) is 4.46. The van der Waals surface area contributed by atoms with E-state index in [0.717, 1.165) is 24.5 Å². The van der Waals surface area contributed by atoms with Crippen molar-refractivity contribution >= 4 is 5.69 Å². The van der Waals surface area contributed by atoms with Gasteiger partial charge in [0.05, 0.1) is 0 Å². The topological polar surface area (TPSA) is 12.0 Å². The third-order valence-corrected chi connectivity index (χ3v) is 3.69. The van der Waals surface area contributed by atoms with E-state index in [1.807, 2.05) is 6.07 Å². The zero-order valence-corrected chi connectivity index (χ0v) is 10.7. The molecule has 1 nitrogen and oxygen atoms in total. The number of halogens is 3. The summed E-state index contributed by atoms with van der Waals surface area (Å²) < 4.78 is 39.3. The van der Waals surface area contributed by atoms with Crippen molar-refractivity contribution in [2.45, 2.75) is 24.8 Å². The van der Waals surface area contributed by atoms with Crippen LogP contribution in [0.3, 0.4) is 0 Å². The summed E-state index contributed by atoms with van der Waals surface area (Å²) in [5, 5.41) is 3.10. The maximum absolute atomic E-state index is 13.1. The predicted molar refractivity (Wildman–Crippen MR) is 72.1 cm³/mol. The SMILES string of the molecule is Fc1cc(F)cc(NC2CC(c3cccc(F)c3)C2)c1. The molecule has 1 aliphatic rings. The molecule has 2 aromatic carbocycles. The first-order valence-electron chi connectivity index (χ1n) is 6.58. The second-order valence-electron chi connectivity index (χ2n) is 5.22. The minimum absolute atomic E-state index is 0.171. The number of rotatable bonds is 3. The molecule has 1 saturated carbocycles. The molecule has 0 heterocycles. The lowest BCUT2D eigenvalue weighted by Crippen LogP contribution is -2.34. The first-order chi connectivity index (χ1) is 9.60. The third kappa shape index (κ3) is 2.79. The van der Waals surface area contributed by atoms with Gasteiger partial charge in [0.25, 0.3) is 0 Å². The van der Waals surface area contributed by atoms with Gasteiger partial charge in [0.2, 0.25) is 0 Å². The Morgan fingerprint density at radius 2 is 1.55 bits per heavy atom. The normalized spacial score (nSPS) is 21.4. The van der Waals surface area contributed by atoms with E-state index >= 15 is 0 Å². The largest absolute Gasteiger partial charge is 0.382 e. The zero-order chi connectivity index (χ0) is 14.1. The van der Waals surface area contributed by atoms with Gasteiger partial charge in [-0.2, -0.15) is 0 Å². The molecule has 0 aliphatic heterocycles. The van der Waals surface area contributed by atoms with Crippen LogP contribution in [0.4, 0.5) is 18.9 Å². The number of hydrogen-bond acceptors (Lipinski definition) is 1. The highest BCUT2D eigenvalue weighted by Crippen LogP contribution is 2.38. The van der Waals surface area contributed by atoms with E-state index < -0.39 is 11.6 Å². The lowest BCUT2D eigenvalue weighted by atomic mass is 9.76. The Morgan fingerprint density at radius 1 is 0.850 bits per heavy atom. The van der Waals surface area contributed by atoms with Crippen LogP contribution >= 0.6 is 0 Å². The fourth-order valence-electron chi connectivity index (χ4n) is 2.64. The van der Waals surface area contributed by atoms with Gasteiger partial charge in [0.15, 0.2) is 0 Å². The van der Waals surface area contributed by atoms with Gasteiger partial charge in [-0.3, -0.25) is 0 Å². The van der Waals surface area contributed by atoms with E-state index in [-0.39, 0.29) is 11.9 Å². The maximum atomic E-state index is 13.1. The van der Waals surface area contributed by atoms with Gasteiger partial charge in [-0.05, 0) is 48.6 Å². The number of hydrogen-bond donors (Lipinski definition) is 1. The smallest absolute Gasteiger partial charge is 0.128 e. The molecule has 104 valence electrons. The van der Waals surface area contributed by atoms with Gasteiger partial charge in [0, 0.05) is 17.8 Å². The Hall–Kier alpha value is -1.97. The first-order valence-corrected chi connectivity index (χ1v) is 6.58. The van der Waals surface area contributed by atoms with E-state index in [9.17, 15) is 13.2 Å². The number of nitrogens with one attached hydrogen (secondary N) is 1. The van der Waals surface area contributed by atoms with Crippen molar-refractivity contribution in [2.24, 2.45) is 0 Å². The van der Waals surface area contributed by atoms with Crippen LogP contribution in [0.2, 0.25) is 0 Å². The van der Waals surface area contributed by atoms with Gasteiger partial charge < -0.3 is 5.32 Å². The van der Waals surface area contributed by atoms with Gasteiger partial charge in [-0.25, -0.2) is 13.2 Å². The fourth-order valence-corrected chi connectivity index (χ4v) is 2.64. The van der Waals surface area contributed by atoms with Crippen LogP contribution in [-0.4, -0.2) is 6.04 Å². The summed E-state index contributed by atoms with van der Waals surface area (Å²) in [7, 11) is 0. The minimum atomic E-state index is -0.589. The average molecular weight is 277 g/mol. The van der Waals surface area contributed by atoms with Gasteiger partial charge >= 0.3 is 0 Å². The molecule has 20 heavy (non-hydrogen) atoms. The molecule has 4 heteroatoms. The Labute approximate surface area is 115 Å². The Morgan fingerprint density at radius 3 is 2.20 bits per heavy atom. The van der Waals surface area contributed by atoms with Crippen LogP contribution < -0.4 is 5.32 Å². The van der Waals surface area contributed by atoms with Crippen LogP contribution in [0.25, 0.3) is 0 Å². The zero-order valence-electron chi connectivity index (χ0n) is 10.7. The summed E-state index contributed by atoms with van der Waals surface area (Å²) >= 11 is 0. The molecule has 0 saturated heterocycles. The van der Waals surface area contributed by atoms with Gasteiger partial charge in [-0.1, -0.05) is 12.1 Å². The summed E-state index contributed by atoms with van der Waals surface area (Å²) in [4.78, 5) is 0. The van der Waals surface area contributed by atoms with Gasteiger partial charge in [-0.15, -0.1) is 0 Å². The van der Waals surface area contributed by atoms with Crippen molar-refractivity contribution in [3.63, 3.8) is 0 Å². The first kappa shape index (κ1) is 13.0. The molecule has 0 aromatic heterocycles. The minimum Gasteiger partial charge on any atom is -0.382 e. The molecular formula is C16H14F3N. The molecule has 0 spiro atoms. The summed E-state index contributed by atoms with van der Waals surface area (Å²) in [6.45, 7) is 0. The molecule has 0 bridgehead atoms. The van der Waals surface area contributed by atoms with E-state index in [1.165, 1.54) is 18.2 Å².